The van der Waals surface area contributed by atoms with Crippen LogP contribution in [-0.2, 0) is 0 Å². The van der Waals surface area contributed by atoms with Crippen LogP contribution in [0.15, 0.2) is 28.4 Å². The van der Waals surface area contributed by atoms with Gasteiger partial charge in [0.25, 0.3) is 0 Å². The molecule has 0 bridgehead atoms. The summed E-state index contributed by atoms with van der Waals surface area (Å²) in [5, 5.41) is 7.26. The Bertz CT molecular complexity index is 355. The van der Waals surface area contributed by atoms with Crippen LogP contribution >= 0.6 is 0 Å². The van der Waals surface area contributed by atoms with Crippen molar-refractivity contribution in [3.63, 3.8) is 0 Å². The van der Waals surface area contributed by atoms with Crippen LogP contribution in [0.5, 0.6) is 0 Å². The summed E-state index contributed by atoms with van der Waals surface area (Å²) in [5.41, 5.74) is 13.6. The highest BCUT2D eigenvalue weighted by Gasteiger charge is 1.91. The fourth-order valence-corrected chi connectivity index (χ4v) is 1.25. The number of nitrogens with zero attached hydrogens (tertiary/aromatic N) is 2. The fourth-order valence-electron chi connectivity index (χ4n) is 1.25. The molecule has 0 heterocycles. The van der Waals surface area contributed by atoms with E-state index in [0.717, 1.165) is 5.56 Å². The van der Waals surface area contributed by atoms with Gasteiger partial charge in [-0.15, -0.1) is 5.10 Å². The summed E-state index contributed by atoms with van der Waals surface area (Å²) in [7, 11) is 0. The van der Waals surface area contributed by atoms with Gasteiger partial charge < -0.3 is 11.5 Å². The second kappa shape index (κ2) is 4.41. The Hall–Kier alpha value is -1.84. The molecule has 4 nitrogen and oxygen atoms in total. The Morgan fingerprint density at radius 2 is 1.71 bits per heavy atom. The summed E-state index contributed by atoms with van der Waals surface area (Å²) < 4.78 is 0. The van der Waals surface area contributed by atoms with E-state index in [2.05, 4.69) is 16.3 Å². The first-order valence-electron chi connectivity index (χ1n) is 4.28. The molecule has 14 heavy (non-hydrogen) atoms. The van der Waals surface area contributed by atoms with Crippen LogP contribution in [0.25, 0.3) is 0 Å². The van der Waals surface area contributed by atoms with E-state index in [4.69, 9.17) is 11.5 Å². The molecule has 1 aromatic carbocycles. The van der Waals surface area contributed by atoms with E-state index in [1.54, 1.807) is 6.21 Å². The third-order valence-corrected chi connectivity index (χ3v) is 1.62. The van der Waals surface area contributed by atoms with E-state index in [0.29, 0.717) is 0 Å². The third kappa shape index (κ3) is 3.26. The van der Waals surface area contributed by atoms with E-state index in [1.165, 1.54) is 11.1 Å². The molecule has 74 valence electrons. The van der Waals surface area contributed by atoms with E-state index < -0.39 is 0 Å². The highest BCUT2D eigenvalue weighted by Crippen LogP contribution is 2.06. The molecule has 0 atom stereocenters. The van der Waals surface area contributed by atoms with Crippen LogP contribution in [0, 0.1) is 13.8 Å². The van der Waals surface area contributed by atoms with Crippen LogP contribution < -0.4 is 11.5 Å². The van der Waals surface area contributed by atoms with Crippen molar-refractivity contribution in [1.82, 2.24) is 0 Å². The van der Waals surface area contributed by atoms with Crippen molar-refractivity contribution >= 4 is 12.2 Å². The quantitative estimate of drug-likeness (QED) is 0.413. The van der Waals surface area contributed by atoms with Crippen molar-refractivity contribution < 1.29 is 0 Å². The standard InChI is InChI=1S/C10H14N4/c1-7-3-8(2)5-9(4-7)6-13-14-10(11)12/h3-6H,1-2H3,(H4,11,12,14). The van der Waals surface area contributed by atoms with Gasteiger partial charge in [-0.3, -0.25) is 0 Å². The van der Waals surface area contributed by atoms with E-state index in [1.807, 2.05) is 26.0 Å². The topological polar surface area (TPSA) is 76.8 Å². The normalized spacial score (nSPS) is 10.4. The summed E-state index contributed by atoms with van der Waals surface area (Å²) >= 11 is 0. The Kier molecular flexibility index (Phi) is 3.23. The number of hydrogen-bond donors (Lipinski definition) is 2. The molecule has 0 radical (unpaired) electrons. The molecular weight excluding hydrogens is 176 g/mol. The molecule has 1 aromatic rings. The lowest BCUT2D eigenvalue weighted by atomic mass is 10.1. The lowest BCUT2D eigenvalue weighted by molar-refractivity contribution is 1.21. The van der Waals surface area contributed by atoms with Gasteiger partial charge >= 0.3 is 0 Å². The third-order valence-electron chi connectivity index (χ3n) is 1.62. The maximum Gasteiger partial charge on any atom is 0.211 e. The molecule has 0 unspecified atom stereocenters. The molecule has 0 spiro atoms. The summed E-state index contributed by atoms with van der Waals surface area (Å²) in [6.07, 6.45) is 1.62. The Balaban J connectivity index is 2.87. The Labute approximate surface area is 83.3 Å². The van der Waals surface area contributed by atoms with E-state index in [-0.39, 0.29) is 5.96 Å². The Morgan fingerprint density at radius 1 is 1.14 bits per heavy atom. The molecule has 0 aliphatic heterocycles. The van der Waals surface area contributed by atoms with Crippen molar-refractivity contribution in [2.75, 3.05) is 0 Å². The fraction of sp³-hybridized carbons (Fsp3) is 0.200. The second-order valence-corrected chi connectivity index (χ2v) is 3.19. The molecule has 0 amide bonds. The SMILES string of the molecule is Cc1cc(C)cc(C=NN=C(N)N)c1. The average Bonchev–Trinajstić information content (AvgIpc) is 2.01. The van der Waals surface area contributed by atoms with Crippen molar-refractivity contribution in [2.24, 2.45) is 21.7 Å². The van der Waals surface area contributed by atoms with E-state index in [9.17, 15) is 0 Å². The lowest BCUT2D eigenvalue weighted by Crippen LogP contribution is -2.21. The molecule has 4 N–H and O–H groups in total. The monoisotopic (exact) mass is 190 g/mol. The first-order valence-corrected chi connectivity index (χ1v) is 4.28. The summed E-state index contributed by atoms with van der Waals surface area (Å²) in [5.74, 6) is -0.0365. The minimum atomic E-state index is -0.0365. The van der Waals surface area contributed by atoms with Gasteiger partial charge in [0.15, 0.2) is 0 Å². The minimum Gasteiger partial charge on any atom is -0.369 e. The van der Waals surface area contributed by atoms with Gasteiger partial charge in [-0.1, -0.05) is 29.3 Å². The largest absolute Gasteiger partial charge is 0.369 e. The Morgan fingerprint density at radius 3 is 2.21 bits per heavy atom. The predicted octanol–water partition coefficient (Wildman–Crippen LogP) is 0.911. The summed E-state index contributed by atoms with van der Waals surface area (Å²) in [4.78, 5) is 0. The van der Waals surface area contributed by atoms with Crippen LogP contribution in [0.1, 0.15) is 16.7 Å². The first-order chi connectivity index (χ1) is 6.58. The van der Waals surface area contributed by atoms with Crippen LogP contribution in [0.4, 0.5) is 0 Å². The highest BCUT2D eigenvalue weighted by molar-refractivity contribution is 5.82. The van der Waals surface area contributed by atoms with Crippen molar-refractivity contribution in [2.45, 2.75) is 13.8 Å². The average molecular weight is 190 g/mol. The molecule has 0 aromatic heterocycles. The first kappa shape index (κ1) is 10.2. The number of rotatable bonds is 2. The predicted molar refractivity (Wildman–Crippen MR) is 59.3 cm³/mol. The van der Waals surface area contributed by atoms with Gasteiger partial charge in [-0.25, -0.2) is 0 Å². The van der Waals surface area contributed by atoms with Crippen LogP contribution in [-0.4, -0.2) is 12.2 Å². The zero-order valence-corrected chi connectivity index (χ0v) is 8.36. The molecule has 0 aliphatic carbocycles. The number of hydrogen-bond acceptors (Lipinski definition) is 2. The maximum atomic E-state index is 5.13. The highest BCUT2D eigenvalue weighted by atomic mass is 15.3. The lowest BCUT2D eigenvalue weighted by Gasteiger charge is -1.98. The molecule has 0 saturated heterocycles. The van der Waals surface area contributed by atoms with Crippen molar-refractivity contribution in [3.8, 4) is 0 Å². The molecule has 1 rings (SSSR count). The second-order valence-electron chi connectivity index (χ2n) is 3.19. The van der Waals surface area contributed by atoms with Crippen molar-refractivity contribution in [3.05, 3.63) is 34.9 Å². The molecule has 0 saturated carbocycles. The molecule has 0 fully saturated rings. The molecule has 4 heteroatoms. The molecule has 0 aliphatic rings. The van der Waals surface area contributed by atoms with Gasteiger partial charge in [0, 0.05) is 0 Å². The van der Waals surface area contributed by atoms with Crippen LogP contribution in [0.3, 0.4) is 0 Å². The summed E-state index contributed by atoms with van der Waals surface area (Å²) in [6.45, 7) is 4.07. The zero-order chi connectivity index (χ0) is 10.6. The van der Waals surface area contributed by atoms with Gasteiger partial charge in [-0.05, 0) is 19.4 Å². The minimum absolute atomic E-state index is 0.0365. The number of guanidine groups is 1. The van der Waals surface area contributed by atoms with Gasteiger partial charge in [-0.2, -0.15) is 5.10 Å². The van der Waals surface area contributed by atoms with Gasteiger partial charge in [0.1, 0.15) is 0 Å². The van der Waals surface area contributed by atoms with Gasteiger partial charge in [0.2, 0.25) is 5.96 Å². The number of benzene rings is 1. The molecular formula is C10H14N4. The van der Waals surface area contributed by atoms with Gasteiger partial charge in [0.05, 0.1) is 6.21 Å². The zero-order valence-electron chi connectivity index (χ0n) is 8.36. The van der Waals surface area contributed by atoms with Crippen LogP contribution in [0.2, 0.25) is 0 Å². The smallest absolute Gasteiger partial charge is 0.211 e. The van der Waals surface area contributed by atoms with E-state index >= 15 is 0 Å². The maximum absolute atomic E-state index is 5.13. The summed E-state index contributed by atoms with van der Waals surface area (Å²) in [6, 6.07) is 6.12. The number of nitrogens with two attached hydrogens (primary N) is 2. The van der Waals surface area contributed by atoms with Crippen molar-refractivity contribution in [1.29, 1.82) is 0 Å². The number of aryl methyl sites for hydroxylation is 2.